The maximum absolute atomic E-state index is 14.1. The van der Waals surface area contributed by atoms with Gasteiger partial charge in [-0.05, 0) is 30.3 Å². The number of hydrogen-bond donors (Lipinski definition) is 0. The number of benzene rings is 2. The van der Waals surface area contributed by atoms with E-state index in [-0.39, 0.29) is 5.82 Å². The first-order valence-electron chi connectivity index (χ1n) is 5.88. The molecule has 0 spiro atoms. The second-order valence-electron chi connectivity index (χ2n) is 4.10. The molecule has 0 heterocycles. The summed E-state index contributed by atoms with van der Waals surface area (Å²) in [6.07, 6.45) is 0. The maximum Gasteiger partial charge on any atom is 0.131 e. The molecule has 0 aromatic heterocycles. The van der Waals surface area contributed by atoms with Crippen LogP contribution in [0.5, 0.6) is 11.5 Å². The fourth-order valence-corrected chi connectivity index (χ4v) is 2.98. The molecule has 0 radical (unpaired) electrons. The lowest BCUT2D eigenvalue weighted by Gasteiger charge is -2.18. The second-order valence-corrected chi connectivity index (χ2v) is 5.46. The van der Waals surface area contributed by atoms with E-state index in [0.717, 1.165) is 5.56 Å². The Balaban J connectivity index is 2.57. The van der Waals surface area contributed by atoms with Crippen molar-refractivity contribution in [2.45, 2.75) is 4.83 Å². The summed E-state index contributed by atoms with van der Waals surface area (Å²) < 4.78 is 24.7. The molecule has 1 atom stereocenters. The van der Waals surface area contributed by atoms with Gasteiger partial charge in [0.2, 0.25) is 0 Å². The Kier molecular flexibility index (Phi) is 4.89. The highest BCUT2D eigenvalue weighted by atomic mass is 79.9. The molecule has 0 N–H and O–H groups in total. The molecule has 0 saturated heterocycles. The highest BCUT2D eigenvalue weighted by Gasteiger charge is 2.22. The van der Waals surface area contributed by atoms with Crippen LogP contribution in [0.2, 0.25) is 5.02 Å². The lowest BCUT2D eigenvalue weighted by molar-refractivity contribution is 0.401. The van der Waals surface area contributed by atoms with Gasteiger partial charge >= 0.3 is 0 Å². The fraction of sp³-hybridized carbons (Fsp3) is 0.200. The number of rotatable bonds is 4. The van der Waals surface area contributed by atoms with Crippen LogP contribution in [0, 0.1) is 5.82 Å². The first-order chi connectivity index (χ1) is 9.58. The Morgan fingerprint density at radius 2 is 1.80 bits per heavy atom. The van der Waals surface area contributed by atoms with E-state index in [4.69, 9.17) is 21.1 Å². The Bertz CT molecular complexity index is 619. The molecule has 2 rings (SSSR count). The second kappa shape index (κ2) is 6.46. The molecule has 0 aliphatic rings. The number of methoxy groups -OCH3 is 2. The molecule has 0 fully saturated rings. The molecule has 2 nitrogen and oxygen atoms in total. The van der Waals surface area contributed by atoms with Gasteiger partial charge in [-0.25, -0.2) is 4.39 Å². The van der Waals surface area contributed by atoms with Gasteiger partial charge in [0.1, 0.15) is 17.3 Å². The number of hydrogen-bond acceptors (Lipinski definition) is 2. The van der Waals surface area contributed by atoms with Crippen molar-refractivity contribution in [3.05, 3.63) is 58.4 Å². The monoisotopic (exact) mass is 358 g/mol. The summed E-state index contributed by atoms with van der Waals surface area (Å²) in [6.45, 7) is 0. The van der Waals surface area contributed by atoms with Crippen LogP contribution in [0.1, 0.15) is 16.0 Å². The summed E-state index contributed by atoms with van der Waals surface area (Å²) in [5, 5.41) is 0.556. The van der Waals surface area contributed by atoms with Gasteiger partial charge in [-0.1, -0.05) is 33.6 Å². The average molecular weight is 360 g/mol. The summed E-state index contributed by atoms with van der Waals surface area (Å²) in [5.41, 5.74) is 1.15. The van der Waals surface area contributed by atoms with Crippen LogP contribution >= 0.6 is 27.5 Å². The minimum atomic E-state index is -0.424. The van der Waals surface area contributed by atoms with E-state index in [0.29, 0.717) is 22.1 Å². The molecular formula is C15H13BrClFO2. The van der Waals surface area contributed by atoms with Gasteiger partial charge in [0.05, 0.1) is 19.0 Å². The molecule has 0 aliphatic heterocycles. The standard InChI is InChI=1S/C15H13BrClFO2/c1-19-12-7-6-9(17)8-10(12)15(16)14-11(18)4-3-5-13(14)20-2/h3-8,15H,1-2H3. The van der Waals surface area contributed by atoms with Gasteiger partial charge < -0.3 is 9.47 Å². The molecule has 0 saturated carbocycles. The minimum absolute atomic E-state index is 0.353. The molecule has 106 valence electrons. The van der Waals surface area contributed by atoms with Crippen molar-refractivity contribution in [1.29, 1.82) is 0 Å². The van der Waals surface area contributed by atoms with Crippen LogP contribution in [-0.4, -0.2) is 14.2 Å². The Morgan fingerprint density at radius 3 is 2.45 bits per heavy atom. The van der Waals surface area contributed by atoms with E-state index in [1.807, 2.05) is 0 Å². The van der Waals surface area contributed by atoms with E-state index in [1.165, 1.54) is 13.2 Å². The number of ether oxygens (including phenoxy) is 2. The molecule has 2 aromatic rings. The van der Waals surface area contributed by atoms with Gasteiger partial charge in [0.25, 0.3) is 0 Å². The summed E-state index contributed by atoms with van der Waals surface area (Å²) in [5.74, 6) is 0.740. The van der Waals surface area contributed by atoms with Crippen molar-refractivity contribution >= 4 is 27.5 Å². The highest BCUT2D eigenvalue weighted by molar-refractivity contribution is 9.09. The predicted octanol–water partition coefficient (Wildman–Crippen LogP) is 4.98. The Morgan fingerprint density at radius 1 is 1.10 bits per heavy atom. The zero-order chi connectivity index (χ0) is 14.7. The van der Waals surface area contributed by atoms with E-state index in [2.05, 4.69) is 15.9 Å². The third kappa shape index (κ3) is 2.91. The zero-order valence-corrected chi connectivity index (χ0v) is 13.3. The molecule has 0 aliphatic carbocycles. The lowest BCUT2D eigenvalue weighted by Crippen LogP contribution is -2.02. The average Bonchev–Trinajstić information content (AvgIpc) is 2.46. The van der Waals surface area contributed by atoms with Crippen molar-refractivity contribution in [3.63, 3.8) is 0 Å². The van der Waals surface area contributed by atoms with E-state index < -0.39 is 4.83 Å². The van der Waals surface area contributed by atoms with Crippen molar-refractivity contribution < 1.29 is 13.9 Å². The van der Waals surface area contributed by atoms with Gasteiger partial charge in [-0.15, -0.1) is 0 Å². The van der Waals surface area contributed by atoms with Crippen LogP contribution in [0.15, 0.2) is 36.4 Å². The third-order valence-electron chi connectivity index (χ3n) is 2.95. The van der Waals surface area contributed by atoms with Crippen LogP contribution in [0.3, 0.4) is 0 Å². The van der Waals surface area contributed by atoms with Crippen LogP contribution in [-0.2, 0) is 0 Å². The first kappa shape index (κ1) is 15.1. The quantitative estimate of drug-likeness (QED) is 0.717. The number of alkyl halides is 1. The molecule has 5 heteroatoms. The molecule has 0 amide bonds. The summed E-state index contributed by atoms with van der Waals surface area (Å²) in [4.78, 5) is -0.424. The van der Waals surface area contributed by atoms with Crippen LogP contribution in [0.4, 0.5) is 4.39 Å². The van der Waals surface area contributed by atoms with E-state index >= 15 is 0 Å². The van der Waals surface area contributed by atoms with Crippen molar-refractivity contribution in [2.75, 3.05) is 14.2 Å². The van der Waals surface area contributed by atoms with E-state index in [1.54, 1.807) is 37.4 Å². The number of halogens is 3. The Labute approximate surface area is 130 Å². The van der Waals surface area contributed by atoms with Crippen LogP contribution < -0.4 is 9.47 Å². The first-order valence-corrected chi connectivity index (χ1v) is 7.17. The molecular weight excluding hydrogens is 347 g/mol. The largest absolute Gasteiger partial charge is 0.496 e. The van der Waals surface area contributed by atoms with Gasteiger partial charge in [0, 0.05) is 16.1 Å². The summed E-state index contributed by atoms with van der Waals surface area (Å²) in [7, 11) is 3.07. The van der Waals surface area contributed by atoms with Crippen molar-refractivity contribution in [2.24, 2.45) is 0 Å². The summed E-state index contributed by atoms with van der Waals surface area (Å²) >= 11 is 9.52. The Hall–Kier alpha value is -1.26. The lowest BCUT2D eigenvalue weighted by atomic mass is 10.0. The van der Waals surface area contributed by atoms with Crippen LogP contribution in [0.25, 0.3) is 0 Å². The van der Waals surface area contributed by atoms with Gasteiger partial charge in [-0.3, -0.25) is 0 Å². The smallest absolute Gasteiger partial charge is 0.131 e. The van der Waals surface area contributed by atoms with Gasteiger partial charge in [-0.2, -0.15) is 0 Å². The highest BCUT2D eigenvalue weighted by Crippen LogP contribution is 2.42. The molecule has 1 unspecified atom stereocenters. The maximum atomic E-state index is 14.1. The van der Waals surface area contributed by atoms with Gasteiger partial charge in [0.15, 0.2) is 0 Å². The zero-order valence-electron chi connectivity index (χ0n) is 11.0. The SMILES string of the molecule is COc1ccc(Cl)cc1C(Br)c1c(F)cccc1OC. The molecule has 20 heavy (non-hydrogen) atoms. The van der Waals surface area contributed by atoms with E-state index in [9.17, 15) is 4.39 Å². The molecule has 0 bridgehead atoms. The summed E-state index contributed by atoms with van der Waals surface area (Å²) in [6, 6.07) is 9.92. The predicted molar refractivity (Wildman–Crippen MR) is 81.7 cm³/mol. The molecule has 2 aromatic carbocycles. The third-order valence-corrected chi connectivity index (χ3v) is 4.14. The van der Waals surface area contributed by atoms with Crippen molar-refractivity contribution in [1.82, 2.24) is 0 Å². The minimum Gasteiger partial charge on any atom is -0.496 e. The normalized spacial score (nSPS) is 12.1. The topological polar surface area (TPSA) is 18.5 Å². The fourth-order valence-electron chi connectivity index (χ4n) is 2.00. The van der Waals surface area contributed by atoms with Crippen molar-refractivity contribution in [3.8, 4) is 11.5 Å².